The molecule has 5 nitrogen and oxygen atoms in total. The summed E-state index contributed by atoms with van der Waals surface area (Å²) in [5.74, 6) is 0.548. The van der Waals surface area contributed by atoms with Crippen LogP contribution in [0.3, 0.4) is 0 Å². The molecule has 0 aliphatic rings. The third-order valence-electron chi connectivity index (χ3n) is 4.98. The molecule has 162 valence electrons. The highest BCUT2D eigenvalue weighted by molar-refractivity contribution is 7.99. The molecule has 0 N–H and O–H groups in total. The first-order valence-electron chi connectivity index (χ1n) is 10.7. The number of rotatable bonds is 14. The van der Waals surface area contributed by atoms with Crippen LogP contribution in [0.1, 0.15) is 63.4 Å². The highest BCUT2D eigenvalue weighted by Gasteiger charge is 2.22. The standard InChI is InChI=1S/C24H31NO4S/c1-2-29-24(26)23(20-15-17-21(18-16-20)25(27)28)14-10-5-3-4-6-11-19-30-22-12-8-7-9-13-22/h7-9,12-13,15-18,23H,2-6,10-11,14,19H2,1H3. The van der Waals surface area contributed by atoms with Gasteiger partial charge in [-0.15, -0.1) is 11.8 Å². The number of nitro benzene ring substituents is 1. The topological polar surface area (TPSA) is 69.4 Å². The molecule has 2 rings (SSSR count). The van der Waals surface area contributed by atoms with E-state index in [9.17, 15) is 14.9 Å². The van der Waals surface area contributed by atoms with Crippen molar-refractivity contribution in [3.05, 3.63) is 70.3 Å². The zero-order valence-electron chi connectivity index (χ0n) is 17.6. The maximum absolute atomic E-state index is 12.4. The van der Waals surface area contributed by atoms with E-state index in [1.807, 2.05) is 17.8 Å². The first-order chi connectivity index (χ1) is 14.6. The van der Waals surface area contributed by atoms with Gasteiger partial charge in [0, 0.05) is 17.0 Å². The second-order valence-electron chi connectivity index (χ2n) is 7.22. The number of carbonyl (C=O) groups is 1. The molecule has 0 heterocycles. The zero-order chi connectivity index (χ0) is 21.6. The number of nitrogens with zero attached hydrogens (tertiary/aromatic N) is 1. The maximum atomic E-state index is 12.4. The summed E-state index contributed by atoms with van der Waals surface area (Å²) in [7, 11) is 0. The van der Waals surface area contributed by atoms with Crippen molar-refractivity contribution in [2.75, 3.05) is 12.4 Å². The molecule has 0 aliphatic heterocycles. The van der Waals surface area contributed by atoms with Gasteiger partial charge in [-0.1, -0.05) is 62.4 Å². The molecule has 0 fully saturated rings. The summed E-state index contributed by atoms with van der Waals surface area (Å²) in [6, 6.07) is 16.7. The summed E-state index contributed by atoms with van der Waals surface area (Å²) in [5.41, 5.74) is 0.823. The Morgan fingerprint density at radius 1 is 0.967 bits per heavy atom. The second-order valence-corrected chi connectivity index (χ2v) is 8.39. The van der Waals surface area contributed by atoms with Crippen molar-refractivity contribution in [3.8, 4) is 0 Å². The van der Waals surface area contributed by atoms with Crippen molar-refractivity contribution in [1.29, 1.82) is 0 Å². The monoisotopic (exact) mass is 429 g/mol. The average Bonchev–Trinajstić information content (AvgIpc) is 2.76. The molecule has 1 unspecified atom stereocenters. The number of carbonyl (C=O) groups excluding carboxylic acids is 1. The lowest BCUT2D eigenvalue weighted by molar-refractivity contribution is -0.384. The van der Waals surface area contributed by atoms with Crippen LogP contribution in [-0.4, -0.2) is 23.3 Å². The summed E-state index contributed by atoms with van der Waals surface area (Å²) >= 11 is 1.91. The number of thioether (sulfide) groups is 1. The van der Waals surface area contributed by atoms with Gasteiger partial charge < -0.3 is 4.74 Å². The highest BCUT2D eigenvalue weighted by atomic mass is 32.2. The minimum absolute atomic E-state index is 0.0341. The van der Waals surface area contributed by atoms with Crippen molar-refractivity contribution in [2.24, 2.45) is 0 Å². The lowest BCUT2D eigenvalue weighted by Crippen LogP contribution is -2.16. The van der Waals surface area contributed by atoms with Gasteiger partial charge in [0.15, 0.2) is 0 Å². The van der Waals surface area contributed by atoms with Gasteiger partial charge in [0.05, 0.1) is 17.4 Å². The van der Waals surface area contributed by atoms with E-state index in [2.05, 4.69) is 24.3 Å². The molecular formula is C24H31NO4S. The van der Waals surface area contributed by atoms with Gasteiger partial charge in [0.1, 0.15) is 0 Å². The Morgan fingerprint density at radius 2 is 1.60 bits per heavy atom. The minimum atomic E-state index is -0.429. The molecule has 0 saturated carbocycles. The number of nitro groups is 1. The normalized spacial score (nSPS) is 11.8. The first kappa shape index (κ1) is 23.9. The smallest absolute Gasteiger partial charge is 0.313 e. The fourth-order valence-electron chi connectivity index (χ4n) is 3.36. The predicted octanol–water partition coefficient (Wildman–Crippen LogP) is 6.76. The van der Waals surface area contributed by atoms with E-state index in [4.69, 9.17) is 4.74 Å². The van der Waals surface area contributed by atoms with Gasteiger partial charge >= 0.3 is 5.97 Å². The van der Waals surface area contributed by atoms with Gasteiger partial charge in [-0.05, 0) is 43.2 Å². The Labute approximate surface area is 183 Å². The number of hydrogen-bond acceptors (Lipinski definition) is 5. The summed E-state index contributed by atoms with van der Waals surface area (Å²) < 4.78 is 5.22. The summed E-state index contributed by atoms with van der Waals surface area (Å²) in [6.45, 7) is 2.13. The van der Waals surface area contributed by atoms with E-state index < -0.39 is 4.92 Å². The Kier molecular flexibility index (Phi) is 11.0. The molecule has 0 radical (unpaired) electrons. The van der Waals surface area contributed by atoms with E-state index in [0.29, 0.717) is 13.0 Å². The molecule has 0 spiro atoms. The van der Waals surface area contributed by atoms with Gasteiger partial charge in [-0.2, -0.15) is 0 Å². The molecular weight excluding hydrogens is 398 g/mol. The largest absolute Gasteiger partial charge is 0.466 e. The molecule has 0 aliphatic carbocycles. The number of benzene rings is 2. The van der Waals surface area contributed by atoms with Crippen LogP contribution in [0.4, 0.5) is 5.69 Å². The summed E-state index contributed by atoms with van der Waals surface area (Å²) in [6.07, 6.45) is 7.54. The van der Waals surface area contributed by atoms with Crippen LogP contribution in [0.5, 0.6) is 0 Å². The predicted molar refractivity (Wildman–Crippen MR) is 122 cm³/mol. The molecule has 1 atom stereocenters. The summed E-state index contributed by atoms with van der Waals surface area (Å²) in [5, 5.41) is 10.8. The van der Waals surface area contributed by atoms with Crippen LogP contribution in [0.2, 0.25) is 0 Å². The fourth-order valence-corrected chi connectivity index (χ4v) is 4.29. The number of non-ortho nitro benzene ring substituents is 1. The zero-order valence-corrected chi connectivity index (χ0v) is 18.4. The molecule has 30 heavy (non-hydrogen) atoms. The maximum Gasteiger partial charge on any atom is 0.313 e. The molecule has 0 saturated heterocycles. The highest BCUT2D eigenvalue weighted by Crippen LogP contribution is 2.26. The molecule has 6 heteroatoms. The lowest BCUT2D eigenvalue weighted by Gasteiger charge is -2.16. The van der Waals surface area contributed by atoms with E-state index in [1.165, 1.54) is 36.3 Å². The quantitative estimate of drug-likeness (QED) is 0.109. The average molecular weight is 430 g/mol. The third-order valence-corrected chi connectivity index (χ3v) is 6.07. The van der Waals surface area contributed by atoms with E-state index in [1.54, 1.807) is 19.1 Å². The Morgan fingerprint density at radius 3 is 2.23 bits per heavy atom. The van der Waals surface area contributed by atoms with Gasteiger partial charge in [0.2, 0.25) is 0 Å². The van der Waals surface area contributed by atoms with Crippen molar-refractivity contribution >= 4 is 23.4 Å². The van der Waals surface area contributed by atoms with Crippen molar-refractivity contribution in [3.63, 3.8) is 0 Å². The molecule has 0 bridgehead atoms. The third kappa shape index (κ3) is 8.57. The molecule has 2 aromatic carbocycles. The van der Waals surface area contributed by atoms with Crippen molar-refractivity contribution < 1.29 is 14.5 Å². The number of ether oxygens (including phenoxy) is 1. The number of hydrogen-bond donors (Lipinski definition) is 0. The second kappa shape index (κ2) is 13.8. The minimum Gasteiger partial charge on any atom is -0.466 e. The number of esters is 1. The van der Waals surface area contributed by atoms with Crippen LogP contribution in [-0.2, 0) is 9.53 Å². The lowest BCUT2D eigenvalue weighted by atomic mass is 9.92. The van der Waals surface area contributed by atoms with Crippen LogP contribution < -0.4 is 0 Å². The van der Waals surface area contributed by atoms with Crippen molar-refractivity contribution in [1.82, 2.24) is 0 Å². The van der Waals surface area contributed by atoms with E-state index in [0.717, 1.165) is 30.6 Å². The number of unbranched alkanes of at least 4 members (excludes halogenated alkanes) is 5. The van der Waals surface area contributed by atoms with Crippen LogP contribution in [0, 0.1) is 10.1 Å². The Bertz CT molecular complexity index is 765. The Balaban J connectivity index is 1.67. The SMILES string of the molecule is CCOC(=O)C(CCCCCCCCSc1ccccc1)c1ccc([N+](=O)[O-])cc1. The van der Waals surface area contributed by atoms with Gasteiger partial charge in [-0.25, -0.2) is 0 Å². The van der Waals surface area contributed by atoms with Crippen LogP contribution in [0.15, 0.2) is 59.5 Å². The van der Waals surface area contributed by atoms with Crippen molar-refractivity contribution in [2.45, 2.75) is 62.7 Å². The first-order valence-corrected chi connectivity index (χ1v) is 11.7. The fraction of sp³-hybridized carbons (Fsp3) is 0.458. The molecule has 2 aromatic rings. The molecule has 0 aromatic heterocycles. The van der Waals surface area contributed by atoms with E-state index in [-0.39, 0.29) is 17.6 Å². The molecule has 0 amide bonds. The van der Waals surface area contributed by atoms with Gasteiger partial charge in [0.25, 0.3) is 5.69 Å². The van der Waals surface area contributed by atoms with Crippen LogP contribution in [0.25, 0.3) is 0 Å². The summed E-state index contributed by atoms with van der Waals surface area (Å²) in [4.78, 5) is 24.1. The van der Waals surface area contributed by atoms with Crippen LogP contribution >= 0.6 is 11.8 Å². The van der Waals surface area contributed by atoms with E-state index >= 15 is 0 Å². The van der Waals surface area contributed by atoms with Gasteiger partial charge in [-0.3, -0.25) is 14.9 Å². The Hall–Kier alpha value is -2.34.